The molecule has 0 saturated heterocycles. The lowest BCUT2D eigenvalue weighted by atomic mass is 10.2. The van der Waals surface area contributed by atoms with Gasteiger partial charge in [0.25, 0.3) is 0 Å². The second kappa shape index (κ2) is 4.71. The second-order valence-electron chi connectivity index (χ2n) is 3.65. The summed E-state index contributed by atoms with van der Waals surface area (Å²) in [6.45, 7) is 2.81. The molecule has 0 fully saturated rings. The highest BCUT2D eigenvalue weighted by Crippen LogP contribution is 2.18. The van der Waals surface area contributed by atoms with Crippen LogP contribution in [0.5, 0.6) is 0 Å². The molecule has 16 heavy (non-hydrogen) atoms. The topological polar surface area (TPSA) is 28.7 Å². The molecule has 1 aromatic heterocycles. The molecule has 0 amide bonds. The first-order chi connectivity index (χ1) is 7.72. The standard InChI is InChI=1S/C13H11IN2/c1-10-13(14)7-12(8-15)16(10)9-11-5-3-2-4-6-11/h2-7H,9H2,1H3. The number of aromatic nitrogens is 1. The molecule has 2 rings (SSSR count). The molecular weight excluding hydrogens is 311 g/mol. The van der Waals surface area contributed by atoms with E-state index in [1.165, 1.54) is 5.56 Å². The third-order valence-corrected chi connectivity index (χ3v) is 3.69. The Bertz CT molecular complexity index is 535. The van der Waals surface area contributed by atoms with Crippen molar-refractivity contribution in [2.24, 2.45) is 0 Å². The molecular formula is C13H11IN2. The monoisotopic (exact) mass is 322 g/mol. The highest BCUT2D eigenvalue weighted by atomic mass is 127. The number of nitriles is 1. The Balaban J connectivity index is 2.39. The largest absolute Gasteiger partial charge is 0.331 e. The summed E-state index contributed by atoms with van der Waals surface area (Å²) in [5.74, 6) is 0. The van der Waals surface area contributed by atoms with Crippen LogP contribution in [-0.4, -0.2) is 4.57 Å². The van der Waals surface area contributed by atoms with Crippen LogP contribution in [-0.2, 0) is 6.54 Å². The van der Waals surface area contributed by atoms with E-state index in [0.717, 1.165) is 21.5 Å². The van der Waals surface area contributed by atoms with Crippen molar-refractivity contribution in [1.29, 1.82) is 5.26 Å². The summed E-state index contributed by atoms with van der Waals surface area (Å²) in [5, 5.41) is 9.06. The molecule has 0 aliphatic carbocycles. The first-order valence-electron chi connectivity index (χ1n) is 5.02. The Kier molecular flexibility index (Phi) is 3.30. The van der Waals surface area contributed by atoms with Crippen LogP contribution >= 0.6 is 22.6 Å². The number of hydrogen-bond donors (Lipinski definition) is 0. The van der Waals surface area contributed by atoms with Gasteiger partial charge in [0, 0.05) is 15.8 Å². The maximum atomic E-state index is 9.06. The zero-order chi connectivity index (χ0) is 11.5. The molecule has 1 aromatic carbocycles. The molecule has 0 unspecified atom stereocenters. The van der Waals surface area contributed by atoms with Gasteiger partial charge in [0.05, 0.1) is 0 Å². The quantitative estimate of drug-likeness (QED) is 0.780. The number of nitrogens with zero attached hydrogens (tertiary/aromatic N) is 2. The van der Waals surface area contributed by atoms with Gasteiger partial charge in [-0.2, -0.15) is 5.26 Å². The average molecular weight is 322 g/mol. The molecule has 2 nitrogen and oxygen atoms in total. The highest BCUT2D eigenvalue weighted by molar-refractivity contribution is 14.1. The molecule has 0 radical (unpaired) electrons. The van der Waals surface area contributed by atoms with Crippen molar-refractivity contribution in [3.05, 3.63) is 56.9 Å². The van der Waals surface area contributed by atoms with E-state index in [1.54, 1.807) is 0 Å². The minimum atomic E-state index is 0.728. The lowest BCUT2D eigenvalue weighted by Gasteiger charge is -2.07. The van der Waals surface area contributed by atoms with Crippen molar-refractivity contribution in [2.75, 3.05) is 0 Å². The number of halogens is 1. The molecule has 2 aromatic rings. The van der Waals surface area contributed by atoms with Crippen LogP contribution in [0.3, 0.4) is 0 Å². The summed E-state index contributed by atoms with van der Waals surface area (Å²) < 4.78 is 3.20. The van der Waals surface area contributed by atoms with Gasteiger partial charge in [0.2, 0.25) is 0 Å². The smallest absolute Gasteiger partial charge is 0.121 e. The third kappa shape index (κ3) is 2.12. The Morgan fingerprint density at radius 3 is 2.62 bits per heavy atom. The van der Waals surface area contributed by atoms with Crippen LogP contribution in [0, 0.1) is 21.8 Å². The van der Waals surface area contributed by atoms with E-state index in [2.05, 4.69) is 45.4 Å². The van der Waals surface area contributed by atoms with E-state index in [4.69, 9.17) is 5.26 Å². The maximum Gasteiger partial charge on any atom is 0.121 e. The van der Waals surface area contributed by atoms with Gasteiger partial charge < -0.3 is 4.57 Å². The van der Waals surface area contributed by atoms with E-state index < -0.39 is 0 Å². The van der Waals surface area contributed by atoms with E-state index in [9.17, 15) is 0 Å². The van der Waals surface area contributed by atoms with Gasteiger partial charge in [-0.1, -0.05) is 30.3 Å². The molecule has 0 saturated carbocycles. The predicted octanol–water partition coefficient (Wildman–Crippen LogP) is 3.32. The van der Waals surface area contributed by atoms with Crippen molar-refractivity contribution in [3.8, 4) is 6.07 Å². The molecule has 0 aliphatic rings. The number of benzene rings is 1. The molecule has 0 atom stereocenters. The molecule has 3 heteroatoms. The SMILES string of the molecule is Cc1c(I)cc(C#N)n1Cc1ccccc1. The fourth-order valence-corrected chi connectivity index (χ4v) is 2.26. The molecule has 0 spiro atoms. The summed E-state index contributed by atoms with van der Waals surface area (Å²) in [6.07, 6.45) is 0. The zero-order valence-corrected chi connectivity index (χ0v) is 11.1. The van der Waals surface area contributed by atoms with Gasteiger partial charge in [-0.25, -0.2) is 0 Å². The Labute approximate surface area is 109 Å². The highest BCUT2D eigenvalue weighted by Gasteiger charge is 2.09. The van der Waals surface area contributed by atoms with Crippen molar-refractivity contribution < 1.29 is 0 Å². The zero-order valence-electron chi connectivity index (χ0n) is 8.94. The van der Waals surface area contributed by atoms with Crippen LogP contribution in [0.2, 0.25) is 0 Å². The summed E-state index contributed by atoms with van der Waals surface area (Å²) in [6, 6.07) is 14.4. The normalized spacial score (nSPS) is 10.1. The van der Waals surface area contributed by atoms with Crippen LogP contribution < -0.4 is 0 Å². The van der Waals surface area contributed by atoms with Crippen molar-refractivity contribution in [1.82, 2.24) is 4.57 Å². The molecule has 0 aliphatic heterocycles. The number of hydrogen-bond acceptors (Lipinski definition) is 1. The van der Waals surface area contributed by atoms with E-state index in [-0.39, 0.29) is 0 Å². The average Bonchev–Trinajstić information content (AvgIpc) is 2.58. The third-order valence-electron chi connectivity index (χ3n) is 2.60. The Morgan fingerprint density at radius 1 is 1.31 bits per heavy atom. The summed E-state index contributed by atoms with van der Waals surface area (Å²) >= 11 is 2.26. The van der Waals surface area contributed by atoms with Crippen LogP contribution in [0.25, 0.3) is 0 Å². The van der Waals surface area contributed by atoms with E-state index in [0.29, 0.717) is 0 Å². The van der Waals surface area contributed by atoms with Crippen LogP contribution in [0.1, 0.15) is 17.0 Å². The van der Waals surface area contributed by atoms with Gasteiger partial charge in [0.15, 0.2) is 0 Å². The van der Waals surface area contributed by atoms with Crippen molar-refractivity contribution >= 4 is 22.6 Å². The Hall–Kier alpha value is -1.28. The molecule has 1 heterocycles. The first kappa shape index (κ1) is 11.2. The molecule has 80 valence electrons. The molecule has 0 N–H and O–H groups in total. The maximum absolute atomic E-state index is 9.06. The molecule has 0 bridgehead atoms. The second-order valence-corrected chi connectivity index (χ2v) is 4.81. The lowest BCUT2D eigenvalue weighted by Crippen LogP contribution is -2.04. The summed E-state index contributed by atoms with van der Waals surface area (Å²) in [4.78, 5) is 0. The van der Waals surface area contributed by atoms with Gasteiger partial charge in [-0.05, 0) is 41.1 Å². The van der Waals surface area contributed by atoms with Gasteiger partial charge in [0.1, 0.15) is 11.8 Å². The Morgan fingerprint density at radius 2 is 2.00 bits per heavy atom. The van der Waals surface area contributed by atoms with Gasteiger partial charge in [-0.15, -0.1) is 0 Å². The van der Waals surface area contributed by atoms with E-state index in [1.807, 2.05) is 31.2 Å². The predicted molar refractivity (Wildman–Crippen MR) is 72.1 cm³/mol. The van der Waals surface area contributed by atoms with Crippen LogP contribution in [0.15, 0.2) is 36.4 Å². The van der Waals surface area contributed by atoms with Gasteiger partial charge >= 0.3 is 0 Å². The summed E-state index contributed by atoms with van der Waals surface area (Å²) in [7, 11) is 0. The van der Waals surface area contributed by atoms with Crippen molar-refractivity contribution in [3.63, 3.8) is 0 Å². The van der Waals surface area contributed by atoms with E-state index >= 15 is 0 Å². The fraction of sp³-hybridized carbons (Fsp3) is 0.154. The van der Waals surface area contributed by atoms with Crippen LogP contribution in [0.4, 0.5) is 0 Å². The summed E-state index contributed by atoms with van der Waals surface area (Å²) in [5.41, 5.74) is 3.10. The minimum Gasteiger partial charge on any atom is -0.331 e. The minimum absolute atomic E-state index is 0.728. The lowest BCUT2D eigenvalue weighted by molar-refractivity contribution is 0.763. The van der Waals surface area contributed by atoms with Gasteiger partial charge in [-0.3, -0.25) is 0 Å². The van der Waals surface area contributed by atoms with Crippen molar-refractivity contribution in [2.45, 2.75) is 13.5 Å². The number of rotatable bonds is 2. The fourth-order valence-electron chi connectivity index (χ4n) is 1.67. The first-order valence-corrected chi connectivity index (χ1v) is 6.10.